The molecule has 6 atom stereocenters. The summed E-state index contributed by atoms with van der Waals surface area (Å²) < 4.78 is 35.9. The molecule has 0 bridgehead atoms. The number of phosphoric ester groups is 1. The largest absolute Gasteiger partial charge is 1.00 e. The number of hydrogen-bond donors (Lipinski definition) is 1. The summed E-state index contributed by atoms with van der Waals surface area (Å²) in [6, 6.07) is -0.791. The van der Waals surface area contributed by atoms with Crippen LogP contribution in [-0.4, -0.2) is 58.6 Å². The van der Waals surface area contributed by atoms with Crippen molar-refractivity contribution < 1.29 is 57.5 Å². The average molecular weight is 796 g/mol. The molecule has 0 amide bonds. The summed E-state index contributed by atoms with van der Waals surface area (Å²) in [4.78, 5) is 41.6. The molecule has 1 N–H and O–H groups in total. The molecule has 2 rings (SSSR count). The first-order valence-electron chi connectivity index (χ1n) is 20.0. The maximum absolute atomic E-state index is 12.5. The summed E-state index contributed by atoms with van der Waals surface area (Å²) in [6.07, 6.45) is 23.5. The van der Waals surface area contributed by atoms with Gasteiger partial charge >= 0.3 is 35.2 Å². The maximum atomic E-state index is 12.5. The second-order valence-electron chi connectivity index (χ2n) is 14.1. The van der Waals surface area contributed by atoms with Gasteiger partial charge in [-0.3, -0.25) is 18.9 Å². The van der Waals surface area contributed by atoms with Crippen LogP contribution in [0.15, 0.2) is 20.9 Å². The van der Waals surface area contributed by atoms with Gasteiger partial charge < -0.3 is 23.4 Å². The van der Waals surface area contributed by atoms with Crippen molar-refractivity contribution in [3.63, 3.8) is 0 Å². The van der Waals surface area contributed by atoms with E-state index in [1.807, 2.05) is 11.8 Å². The van der Waals surface area contributed by atoms with Gasteiger partial charge in [-0.05, 0) is 44.4 Å². The van der Waals surface area contributed by atoms with Crippen molar-refractivity contribution in [3.8, 4) is 0 Å². The summed E-state index contributed by atoms with van der Waals surface area (Å²) in [5.74, 6) is 1.14. The molecular weight excluding hydrogens is 728 g/mol. The first-order valence-corrected chi connectivity index (χ1v) is 22.5. The molecule has 53 heavy (non-hydrogen) atoms. The third kappa shape index (κ3) is 22.0. The third-order valence-electron chi connectivity index (χ3n) is 9.62. The van der Waals surface area contributed by atoms with Crippen molar-refractivity contribution in [1.29, 1.82) is 0 Å². The Morgan fingerprint density at radius 1 is 0.962 bits per heavy atom. The predicted molar refractivity (Wildman–Crippen MR) is 208 cm³/mol. The number of thioether (sulfide) groups is 1. The van der Waals surface area contributed by atoms with Gasteiger partial charge in [-0.15, -0.1) is 0 Å². The molecule has 0 spiro atoms. The quantitative estimate of drug-likeness (QED) is 0.0219. The molecule has 1 fully saturated rings. The van der Waals surface area contributed by atoms with Crippen LogP contribution in [0.4, 0.5) is 0 Å². The molecule has 0 radical (unpaired) electrons. The summed E-state index contributed by atoms with van der Waals surface area (Å²) in [5.41, 5.74) is 8.09. The van der Waals surface area contributed by atoms with E-state index in [2.05, 4.69) is 35.8 Å². The molecule has 16 heteroatoms. The molecular formula is C37H67N5NaO8PS. The van der Waals surface area contributed by atoms with Crippen molar-refractivity contribution in [2.24, 2.45) is 5.11 Å². The number of H-pyrrole nitrogens is 1. The Labute approximate surface area is 344 Å². The molecule has 0 aromatic carbocycles. The number of hydrogen-bond acceptors (Lipinski definition) is 10. The third-order valence-corrected chi connectivity index (χ3v) is 12.2. The van der Waals surface area contributed by atoms with Gasteiger partial charge in [0.15, 0.2) is 0 Å². The number of nitrogens with one attached hydrogen (secondary N) is 1. The summed E-state index contributed by atoms with van der Waals surface area (Å²) >= 11 is 2.02. The molecule has 0 aliphatic carbocycles. The van der Waals surface area contributed by atoms with Gasteiger partial charge in [0.1, 0.15) is 6.23 Å². The second-order valence-corrected chi connectivity index (χ2v) is 16.9. The average Bonchev–Trinajstić information content (AvgIpc) is 3.52. The zero-order valence-corrected chi connectivity index (χ0v) is 37.1. The number of aromatic nitrogens is 2. The minimum atomic E-state index is -4.69. The van der Waals surface area contributed by atoms with E-state index in [0.29, 0.717) is 23.8 Å². The number of azide groups is 1. The van der Waals surface area contributed by atoms with E-state index in [0.717, 1.165) is 12.2 Å². The maximum Gasteiger partial charge on any atom is 1.00 e. The van der Waals surface area contributed by atoms with Gasteiger partial charge in [-0.2, -0.15) is 11.8 Å². The van der Waals surface area contributed by atoms with Crippen LogP contribution in [0.3, 0.4) is 0 Å². The van der Waals surface area contributed by atoms with E-state index in [1.165, 1.54) is 120 Å². The van der Waals surface area contributed by atoms with Crippen molar-refractivity contribution in [2.75, 3.05) is 25.6 Å². The van der Waals surface area contributed by atoms with Crippen LogP contribution in [-0.2, 0) is 23.1 Å². The fourth-order valence-corrected chi connectivity index (χ4v) is 8.53. The molecule has 1 aliphatic heterocycles. The molecule has 0 saturated carbocycles. The van der Waals surface area contributed by atoms with E-state index in [9.17, 15) is 19.0 Å². The fraction of sp³-hybridized carbons (Fsp3) is 0.892. The monoisotopic (exact) mass is 795 g/mol. The molecule has 300 valence electrons. The zero-order chi connectivity index (χ0) is 38.0. The van der Waals surface area contributed by atoms with Gasteiger partial charge in [0.2, 0.25) is 0 Å². The molecule has 1 aliphatic rings. The molecule has 3 unspecified atom stereocenters. The molecule has 1 aromatic heterocycles. The zero-order valence-electron chi connectivity index (χ0n) is 33.3. The van der Waals surface area contributed by atoms with E-state index in [1.54, 1.807) is 6.92 Å². The summed E-state index contributed by atoms with van der Waals surface area (Å²) in [7, 11) is -4.69. The molecule has 1 aromatic rings. The number of phosphoric acid groups is 1. The van der Waals surface area contributed by atoms with Crippen molar-refractivity contribution in [1.82, 2.24) is 9.55 Å². The van der Waals surface area contributed by atoms with Crippen molar-refractivity contribution >= 4 is 19.6 Å². The molecule has 2 heterocycles. The van der Waals surface area contributed by atoms with Gasteiger partial charge in [-0.1, -0.05) is 122 Å². The Hall–Kier alpha value is -0.630. The topological polar surface area (TPSA) is 181 Å². The van der Waals surface area contributed by atoms with E-state index >= 15 is 0 Å². The minimum Gasteiger partial charge on any atom is -0.756 e. The van der Waals surface area contributed by atoms with Crippen molar-refractivity contribution in [2.45, 2.75) is 186 Å². The normalized spacial score (nSPS) is 19.3. The predicted octanol–water partition coefficient (Wildman–Crippen LogP) is 6.28. The summed E-state index contributed by atoms with van der Waals surface area (Å²) in [6.45, 7) is 7.97. The van der Waals surface area contributed by atoms with Crippen molar-refractivity contribution in [3.05, 3.63) is 43.0 Å². The van der Waals surface area contributed by atoms with Gasteiger partial charge in [0, 0.05) is 34.9 Å². The SMILES string of the molecule is CCCCCCCCCCCCCCSC(CCCCCCC)C(C)OCCCOP(=O)([O-])OC[C@H]1O[C@@H](n2cc(C)c(=O)[nH]c2=O)C[C@@H]1N=[N+]=[N-].[Na+]. The van der Waals surface area contributed by atoms with Crippen LogP contribution in [0.5, 0.6) is 0 Å². The fourth-order valence-electron chi connectivity index (χ4n) is 6.42. The standard InChI is InChI=1S/C37H68N5O8PS.Na/c1-5-7-9-11-12-13-14-15-16-17-19-21-26-52-34(23-20-18-10-8-6-2)31(4)47-24-22-25-48-51(45,46)49-29-33-32(40-41-38)27-35(50-33)42-28-30(3)36(43)39-37(42)44;/h28,31-35H,5-27,29H2,1-4H3,(H,45,46)(H,39,43,44);/q;+1/p-1/t31?,32-,33+,34?,35+;/m0./s1. The van der Waals surface area contributed by atoms with Gasteiger partial charge in [-0.25, -0.2) is 4.79 Å². The Morgan fingerprint density at radius 2 is 1.55 bits per heavy atom. The van der Waals surface area contributed by atoms with E-state index < -0.39 is 44.1 Å². The number of aryl methyl sites for hydroxylation is 1. The molecule has 13 nitrogen and oxygen atoms in total. The van der Waals surface area contributed by atoms with Crippen LogP contribution >= 0.6 is 19.6 Å². The van der Waals surface area contributed by atoms with Crippen LogP contribution in [0.1, 0.15) is 161 Å². The van der Waals surface area contributed by atoms with Gasteiger partial charge in [0.05, 0.1) is 31.5 Å². The summed E-state index contributed by atoms with van der Waals surface area (Å²) in [5, 5.41) is 4.09. The molecule has 1 saturated heterocycles. The number of aromatic amines is 1. The van der Waals surface area contributed by atoms with Crippen LogP contribution < -0.4 is 45.7 Å². The first kappa shape index (κ1) is 50.4. The Morgan fingerprint density at radius 3 is 2.15 bits per heavy atom. The Kier molecular flexibility index (Phi) is 29.0. The second kappa shape index (κ2) is 30.5. The first-order chi connectivity index (χ1) is 25.1. The number of rotatable bonds is 32. The van der Waals surface area contributed by atoms with E-state index in [4.69, 9.17) is 24.1 Å². The van der Waals surface area contributed by atoms with Crippen LogP contribution in [0.25, 0.3) is 10.4 Å². The Bertz CT molecular complexity index is 1320. The number of ether oxygens (including phenoxy) is 2. The van der Waals surface area contributed by atoms with Crippen LogP contribution in [0.2, 0.25) is 0 Å². The van der Waals surface area contributed by atoms with Gasteiger partial charge in [0.25, 0.3) is 13.4 Å². The smallest absolute Gasteiger partial charge is 0.756 e. The van der Waals surface area contributed by atoms with Crippen LogP contribution in [0, 0.1) is 6.92 Å². The Balaban J connectivity index is 0.0000140. The minimum absolute atomic E-state index is 0. The van der Waals surface area contributed by atoms with E-state index in [-0.39, 0.29) is 48.7 Å². The number of unbranched alkanes of at least 4 members (excludes halogenated alkanes) is 15. The number of nitrogens with zero attached hydrogens (tertiary/aromatic N) is 4.